The predicted molar refractivity (Wildman–Crippen MR) is 82.3 cm³/mol. The molecule has 1 amide bonds. The molecule has 1 atom stereocenters. The third-order valence-corrected chi connectivity index (χ3v) is 3.99. The lowest BCUT2D eigenvalue weighted by Crippen LogP contribution is -2.48. The molecule has 0 bridgehead atoms. The second-order valence-corrected chi connectivity index (χ2v) is 5.62. The minimum Gasteiger partial charge on any atom is -0.335 e. The summed E-state index contributed by atoms with van der Waals surface area (Å²) in [6.45, 7) is 1.41. The van der Waals surface area contributed by atoms with Gasteiger partial charge in [-0.15, -0.1) is 0 Å². The lowest BCUT2D eigenvalue weighted by molar-refractivity contribution is -0.137. The standard InChI is InChI=1S/C17H16F3N3O/c18-17(19,20)14-5-1-3-12(9-14)16(24)23-8-7-22-15(11-23)13-4-2-6-21-10-13/h1-6,9-10,15,22H,7-8,11H2/t15-/m1/s1. The number of piperazine rings is 1. The summed E-state index contributed by atoms with van der Waals surface area (Å²) in [5, 5.41) is 3.29. The normalized spacial score (nSPS) is 18.5. The van der Waals surface area contributed by atoms with Crippen molar-refractivity contribution in [3.05, 3.63) is 65.5 Å². The highest BCUT2D eigenvalue weighted by molar-refractivity contribution is 5.94. The van der Waals surface area contributed by atoms with Crippen LogP contribution in [0.25, 0.3) is 0 Å². The molecule has 1 fully saturated rings. The van der Waals surface area contributed by atoms with Gasteiger partial charge >= 0.3 is 6.18 Å². The molecule has 0 unspecified atom stereocenters. The van der Waals surface area contributed by atoms with Gasteiger partial charge in [0.15, 0.2) is 0 Å². The zero-order chi connectivity index (χ0) is 17.2. The van der Waals surface area contributed by atoms with Crippen molar-refractivity contribution in [1.29, 1.82) is 0 Å². The van der Waals surface area contributed by atoms with Gasteiger partial charge < -0.3 is 10.2 Å². The number of alkyl halides is 3. The minimum absolute atomic E-state index is 0.0525. The number of hydrogen-bond acceptors (Lipinski definition) is 3. The van der Waals surface area contributed by atoms with Gasteiger partial charge in [-0.2, -0.15) is 13.2 Å². The number of halogens is 3. The van der Waals surface area contributed by atoms with Crippen LogP contribution in [0, 0.1) is 0 Å². The second-order valence-electron chi connectivity index (χ2n) is 5.62. The fraction of sp³-hybridized carbons (Fsp3) is 0.294. The molecule has 1 saturated heterocycles. The number of rotatable bonds is 2. The molecule has 1 aromatic carbocycles. The highest BCUT2D eigenvalue weighted by atomic mass is 19.4. The van der Waals surface area contributed by atoms with Gasteiger partial charge in [-0.3, -0.25) is 9.78 Å². The van der Waals surface area contributed by atoms with Gasteiger partial charge in [0.1, 0.15) is 0 Å². The summed E-state index contributed by atoms with van der Waals surface area (Å²) in [6, 6.07) is 8.18. The Labute approximate surface area is 137 Å². The first kappa shape index (κ1) is 16.4. The quantitative estimate of drug-likeness (QED) is 0.918. The van der Waals surface area contributed by atoms with Gasteiger partial charge in [-0.05, 0) is 29.8 Å². The average molecular weight is 335 g/mol. The molecule has 4 nitrogen and oxygen atoms in total. The number of benzene rings is 1. The van der Waals surface area contributed by atoms with E-state index in [1.165, 1.54) is 12.1 Å². The molecule has 3 rings (SSSR count). The molecule has 1 aliphatic rings. The zero-order valence-electron chi connectivity index (χ0n) is 12.8. The van der Waals surface area contributed by atoms with Crippen LogP contribution >= 0.6 is 0 Å². The average Bonchev–Trinajstić information content (AvgIpc) is 2.61. The predicted octanol–water partition coefficient (Wildman–Crippen LogP) is 2.89. The molecular weight excluding hydrogens is 319 g/mol. The maximum absolute atomic E-state index is 12.8. The maximum atomic E-state index is 12.8. The summed E-state index contributed by atoms with van der Waals surface area (Å²) in [6.07, 6.45) is -1.08. The van der Waals surface area contributed by atoms with Gasteiger partial charge in [0.25, 0.3) is 5.91 Å². The number of carbonyl (C=O) groups excluding carboxylic acids is 1. The fourth-order valence-corrected chi connectivity index (χ4v) is 2.75. The summed E-state index contributed by atoms with van der Waals surface area (Å²) in [5.74, 6) is -0.392. The first-order valence-electron chi connectivity index (χ1n) is 7.55. The largest absolute Gasteiger partial charge is 0.416 e. The van der Waals surface area contributed by atoms with Gasteiger partial charge in [-0.25, -0.2) is 0 Å². The summed E-state index contributed by atoms with van der Waals surface area (Å²) < 4.78 is 38.4. The molecule has 0 aliphatic carbocycles. The van der Waals surface area contributed by atoms with E-state index in [1.807, 2.05) is 12.1 Å². The molecule has 0 saturated carbocycles. The van der Waals surface area contributed by atoms with Crippen LogP contribution in [0.5, 0.6) is 0 Å². The van der Waals surface area contributed by atoms with Crippen LogP contribution in [0.4, 0.5) is 13.2 Å². The number of amides is 1. The van der Waals surface area contributed by atoms with Crippen LogP contribution in [0.2, 0.25) is 0 Å². The Morgan fingerprint density at radius 2 is 2.08 bits per heavy atom. The van der Waals surface area contributed by atoms with Crippen molar-refractivity contribution in [2.24, 2.45) is 0 Å². The van der Waals surface area contributed by atoms with Gasteiger partial charge in [-0.1, -0.05) is 12.1 Å². The smallest absolute Gasteiger partial charge is 0.335 e. The molecule has 2 aromatic rings. The minimum atomic E-state index is -4.46. The van der Waals surface area contributed by atoms with Gasteiger partial charge in [0, 0.05) is 37.6 Å². The van der Waals surface area contributed by atoms with Crippen molar-refractivity contribution in [1.82, 2.24) is 15.2 Å². The van der Waals surface area contributed by atoms with Crippen molar-refractivity contribution in [2.45, 2.75) is 12.2 Å². The van der Waals surface area contributed by atoms with E-state index >= 15 is 0 Å². The van der Waals surface area contributed by atoms with E-state index in [-0.39, 0.29) is 11.6 Å². The highest BCUT2D eigenvalue weighted by Crippen LogP contribution is 2.30. The molecule has 2 heterocycles. The topological polar surface area (TPSA) is 45.2 Å². The molecular formula is C17H16F3N3O. The van der Waals surface area contributed by atoms with Crippen molar-refractivity contribution < 1.29 is 18.0 Å². The molecule has 0 radical (unpaired) electrons. The number of pyridine rings is 1. The molecule has 1 aromatic heterocycles. The van der Waals surface area contributed by atoms with E-state index in [2.05, 4.69) is 10.3 Å². The molecule has 126 valence electrons. The van der Waals surface area contributed by atoms with E-state index in [4.69, 9.17) is 0 Å². The third kappa shape index (κ3) is 3.56. The van der Waals surface area contributed by atoms with Gasteiger partial charge in [0.05, 0.1) is 11.6 Å². The van der Waals surface area contributed by atoms with Crippen LogP contribution in [0.3, 0.4) is 0 Å². The Hall–Kier alpha value is -2.41. The Morgan fingerprint density at radius 1 is 1.25 bits per heavy atom. The van der Waals surface area contributed by atoms with Crippen LogP contribution in [-0.4, -0.2) is 35.4 Å². The van der Waals surface area contributed by atoms with Crippen molar-refractivity contribution in [2.75, 3.05) is 19.6 Å². The number of nitrogens with one attached hydrogen (secondary N) is 1. The SMILES string of the molecule is O=C(c1cccc(C(F)(F)F)c1)N1CCN[C@@H](c2cccnc2)C1. The van der Waals surface area contributed by atoms with Crippen LogP contribution in [0.1, 0.15) is 27.5 Å². The third-order valence-electron chi connectivity index (χ3n) is 3.99. The monoisotopic (exact) mass is 335 g/mol. The van der Waals surface area contributed by atoms with Crippen molar-refractivity contribution in [3.63, 3.8) is 0 Å². The van der Waals surface area contributed by atoms with Crippen LogP contribution < -0.4 is 5.32 Å². The van der Waals surface area contributed by atoms with Crippen LogP contribution in [0.15, 0.2) is 48.8 Å². The summed E-state index contributed by atoms with van der Waals surface area (Å²) in [7, 11) is 0. The van der Waals surface area contributed by atoms with E-state index in [0.29, 0.717) is 19.6 Å². The Morgan fingerprint density at radius 3 is 2.79 bits per heavy atom. The number of hydrogen-bond donors (Lipinski definition) is 1. The lowest BCUT2D eigenvalue weighted by Gasteiger charge is -2.34. The molecule has 24 heavy (non-hydrogen) atoms. The molecule has 1 aliphatic heterocycles. The molecule has 0 spiro atoms. The summed E-state index contributed by atoms with van der Waals surface area (Å²) in [4.78, 5) is 18.2. The van der Waals surface area contributed by atoms with E-state index in [0.717, 1.165) is 17.7 Å². The number of carbonyl (C=O) groups is 1. The second kappa shape index (κ2) is 6.60. The Balaban J connectivity index is 1.78. The van der Waals surface area contributed by atoms with Gasteiger partial charge in [0.2, 0.25) is 0 Å². The van der Waals surface area contributed by atoms with E-state index < -0.39 is 17.6 Å². The molecule has 7 heteroatoms. The van der Waals surface area contributed by atoms with E-state index in [9.17, 15) is 18.0 Å². The van der Waals surface area contributed by atoms with E-state index in [1.54, 1.807) is 17.3 Å². The van der Waals surface area contributed by atoms with Crippen LogP contribution in [-0.2, 0) is 6.18 Å². The maximum Gasteiger partial charge on any atom is 0.416 e. The Kier molecular flexibility index (Phi) is 4.53. The molecule has 1 N–H and O–H groups in total. The first-order valence-corrected chi connectivity index (χ1v) is 7.55. The lowest BCUT2D eigenvalue weighted by atomic mass is 10.0. The Bertz CT molecular complexity index is 719. The fourth-order valence-electron chi connectivity index (χ4n) is 2.75. The highest BCUT2D eigenvalue weighted by Gasteiger charge is 2.32. The first-order chi connectivity index (χ1) is 11.4. The summed E-state index contributed by atoms with van der Waals surface area (Å²) >= 11 is 0. The number of nitrogens with zero attached hydrogens (tertiary/aromatic N) is 2. The number of aromatic nitrogens is 1. The van der Waals surface area contributed by atoms with Crippen molar-refractivity contribution >= 4 is 5.91 Å². The zero-order valence-corrected chi connectivity index (χ0v) is 12.8. The summed E-state index contributed by atoms with van der Waals surface area (Å²) in [5.41, 5.74) is 0.183. The van der Waals surface area contributed by atoms with Crippen molar-refractivity contribution in [3.8, 4) is 0 Å².